The van der Waals surface area contributed by atoms with Crippen LogP contribution in [0, 0.1) is 13.8 Å². The van der Waals surface area contributed by atoms with Crippen LogP contribution in [0.1, 0.15) is 47.8 Å². The van der Waals surface area contributed by atoms with E-state index < -0.39 is 5.91 Å². The molecule has 0 aliphatic carbocycles. The number of ether oxygens (including phenoxy) is 1. The minimum atomic E-state index is -0.426. The minimum Gasteiger partial charge on any atom is -0.483 e. The Hall–Kier alpha value is -2.82. The lowest BCUT2D eigenvalue weighted by Gasteiger charge is -2.19. The molecule has 5 heteroatoms. The number of hydrogen-bond acceptors (Lipinski definition) is 3. The van der Waals surface area contributed by atoms with E-state index in [0.717, 1.165) is 16.7 Å². The van der Waals surface area contributed by atoms with Crippen molar-refractivity contribution in [1.29, 1.82) is 0 Å². The number of carbonyl (C=O) groups is 2. The number of nitrogens with one attached hydrogen (secondary N) is 2. The van der Waals surface area contributed by atoms with Crippen molar-refractivity contribution in [2.24, 2.45) is 0 Å². The maximum Gasteiger partial charge on any atom is 0.276 e. The second-order valence-electron chi connectivity index (χ2n) is 7.39. The maximum absolute atomic E-state index is 12.1. The van der Waals surface area contributed by atoms with Crippen molar-refractivity contribution < 1.29 is 14.3 Å². The molecule has 0 heterocycles. The molecule has 5 nitrogen and oxygen atoms in total. The van der Waals surface area contributed by atoms with E-state index in [1.807, 2.05) is 44.2 Å². The van der Waals surface area contributed by atoms with Gasteiger partial charge in [0, 0.05) is 5.56 Å². The van der Waals surface area contributed by atoms with Crippen LogP contribution < -0.4 is 15.6 Å². The van der Waals surface area contributed by atoms with Crippen LogP contribution in [0.15, 0.2) is 42.5 Å². The lowest BCUT2D eigenvalue weighted by Crippen LogP contribution is -2.43. The smallest absolute Gasteiger partial charge is 0.276 e. The summed E-state index contributed by atoms with van der Waals surface area (Å²) in [7, 11) is 0. The van der Waals surface area contributed by atoms with E-state index in [1.54, 1.807) is 12.1 Å². The van der Waals surface area contributed by atoms with Crippen molar-refractivity contribution >= 4 is 11.8 Å². The molecule has 0 aromatic heterocycles. The SMILES string of the molecule is Cc1ccc(OCC(=O)NNC(=O)c2ccc(C(C)(C)C)cc2)c(C)c1. The van der Waals surface area contributed by atoms with Crippen molar-refractivity contribution in [3.63, 3.8) is 0 Å². The summed E-state index contributed by atoms with van der Waals surface area (Å²) in [6.07, 6.45) is 0. The van der Waals surface area contributed by atoms with Gasteiger partial charge in [-0.1, -0.05) is 50.6 Å². The summed E-state index contributed by atoms with van der Waals surface area (Å²) in [5.41, 5.74) is 8.49. The average Bonchev–Trinajstić information content (AvgIpc) is 2.58. The second-order valence-corrected chi connectivity index (χ2v) is 7.39. The van der Waals surface area contributed by atoms with E-state index in [0.29, 0.717) is 11.3 Å². The Morgan fingerprint density at radius 3 is 2.19 bits per heavy atom. The summed E-state index contributed by atoms with van der Waals surface area (Å²) in [5, 5.41) is 0. The molecule has 0 aliphatic rings. The quantitative estimate of drug-likeness (QED) is 0.827. The zero-order chi connectivity index (χ0) is 19.3. The van der Waals surface area contributed by atoms with E-state index >= 15 is 0 Å². The molecule has 2 aromatic carbocycles. The molecule has 0 fully saturated rings. The molecule has 2 rings (SSSR count). The van der Waals surface area contributed by atoms with Crippen molar-refractivity contribution in [3.05, 3.63) is 64.7 Å². The maximum atomic E-state index is 12.1. The number of benzene rings is 2. The van der Waals surface area contributed by atoms with Gasteiger partial charge in [0.1, 0.15) is 5.75 Å². The van der Waals surface area contributed by atoms with E-state index in [4.69, 9.17) is 4.74 Å². The van der Waals surface area contributed by atoms with Gasteiger partial charge in [0.2, 0.25) is 0 Å². The van der Waals surface area contributed by atoms with Crippen LogP contribution >= 0.6 is 0 Å². The molecule has 0 bridgehead atoms. The second kappa shape index (κ2) is 8.04. The fourth-order valence-corrected chi connectivity index (χ4v) is 2.46. The highest BCUT2D eigenvalue weighted by atomic mass is 16.5. The highest BCUT2D eigenvalue weighted by Crippen LogP contribution is 2.22. The fourth-order valence-electron chi connectivity index (χ4n) is 2.46. The molecule has 2 N–H and O–H groups in total. The first-order valence-corrected chi connectivity index (χ1v) is 8.56. The highest BCUT2D eigenvalue weighted by Gasteiger charge is 2.14. The van der Waals surface area contributed by atoms with Gasteiger partial charge in [-0.3, -0.25) is 20.4 Å². The third kappa shape index (κ3) is 5.34. The average molecular weight is 354 g/mol. The van der Waals surface area contributed by atoms with Crippen LogP contribution in [0.25, 0.3) is 0 Å². The Kier molecular flexibility index (Phi) is 6.03. The van der Waals surface area contributed by atoms with Gasteiger partial charge >= 0.3 is 0 Å². The molecule has 0 unspecified atom stereocenters. The van der Waals surface area contributed by atoms with Crippen LogP contribution in [0.4, 0.5) is 0 Å². The standard InChI is InChI=1S/C21H26N2O3/c1-14-6-11-18(15(2)12-14)26-13-19(24)22-23-20(25)16-7-9-17(10-8-16)21(3,4)5/h6-12H,13H2,1-5H3,(H,22,24)(H,23,25). The van der Waals surface area contributed by atoms with Gasteiger partial charge in [0.05, 0.1) is 0 Å². The summed E-state index contributed by atoms with van der Waals surface area (Å²) in [6.45, 7) is 10.1. The normalized spacial score (nSPS) is 11.0. The Bertz CT molecular complexity index is 790. The molecule has 2 amide bonds. The molecule has 138 valence electrons. The van der Waals surface area contributed by atoms with Crippen LogP contribution in [-0.4, -0.2) is 18.4 Å². The Morgan fingerprint density at radius 1 is 0.962 bits per heavy atom. The Balaban J connectivity index is 1.84. The molecule has 0 saturated carbocycles. The van der Waals surface area contributed by atoms with Gasteiger partial charge in [-0.15, -0.1) is 0 Å². The number of rotatable bonds is 4. The predicted octanol–water partition coefficient (Wildman–Crippen LogP) is 3.44. The van der Waals surface area contributed by atoms with Crippen LogP contribution in [0.5, 0.6) is 5.75 Å². The molecule has 0 atom stereocenters. The van der Waals surface area contributed by atoms with Gasteiger partial charge in [-0.2, -0.15) is 0 Å². The zero-order valence-electron chi connectivity index (χ0n) is 16.0. The molecule has 26 heavy (non-hydrogen) atoms. The number of aryl methyl sites for hydroxylation is 2. The van der Waals surface area contributed by atoms with Crippen molar-refractivity contribution in [1.82, 2.24) is 10.9 Å². The molecule has 0 aliphatic heterocycles. The van der Waals surface area contributed by atoms with E-state index in [-0.39, 0.29) is 17.9 Å². The fraction of sp³-hybridized carbons (Fsp3) is 0.333. The summed E-state index contributed by atoms with van der Waals surface area (Å²) in [5.74, 6) is -0.148. The van der Waals surface area contributed by atoms with Gasteiger partial charge in [0.25, 0.3) is 11.8 Å². The van der Waals surface area contributed by atoms with E-state index in [1.165, 1.54) is 0 Å². The van der Waals surface area contributed by atoms with Crippen LogP contribution in [0.3, 0.4) is 0 Å². The third-order valence-corrected chi connectivity index (χ3v) is 4.02. The van der Waals surface area contributed by atoms with Gasteiger partial charge in [0.15, 0.2) is 6.61 Å². The van der Waals surface area contributed by atoms with Gasteiger partial charge < -0.3 is 4.74 Å². The first-order valence-electron chi connectivity index (χ1n) is 8.56. The van der Waals surface area contributed by atoms with E-state index in [2.05, 4.69) is 31.6 Å². The highest BCUT2D eigenvalue weighted by molar-refractivity contribution is 5.95. The monoisotopic (exact) mass is 354 g/mol. The molecular formula is C21H26N2O3. The lowest BCUT2D eigenvalue weighted by molar-refractivity contribution is -0.123. The van der Waals surface area contributed by atoms with Crippen LogP contribution in [0.2, 0.25) is 0 Å². The summed E-state index contributed by atoms with van der Waals surface area (Å²) < 4.78 is 5.48. The van der Waals surface area contributed by atoms with Crippen molar-refractivity contribution in [2.75, 3.05) is 6.61 Å². The van der Waals surface area contributed by atoms with Gasteiger partial charge in [-0.05, 0) is 48.6 Å². The predicted molar refractivity (Wildman–Crippen MR) is 102 cm³/mol. The first kappa shape index (κ1) is 19.5. The lowest BCUT2D eigenvalue weighted by atomic mass is 9.87. The topological polar surface area (TPSA) is 67.4 Å². The number of hydrazine groups is 1. The number of amides is 2. The summed E-state index contributed by atoms with van der Waals surface area (Å²) in [6, 6.07) is 13.1. The molecule has 0 saturated heterocycles. The van der Waals surface area contributed by atoms with Gasteiger partial charge in [-0.25, -0.2) is 0 Å². The summed E-state index contributed by atoms with van der Waals surface area (Å²) in [4.78, 5) is 24.0. The van der Waals surface area contributed by atoms with E-state index in [9.17, 15) is 9.59 Å². The van der Waals surface area contributed by atoms with Crippen molar-refractivity contribution in [2.45, 2.75) is 40.0 Å². The summed E-state index contributed by atoms with van der Waals surface area (Å²) >= 11 is 0. The molecule has 2 aromatic rings. The number of hydrogen-bond donors (Lipinski definition) is 2. The zero-order valence-corrected chi connectivity index (χ0v) is 16.0. The Morgan fingerprint density at radius 2 is 1.62 bits per heavy atom. The van der Waals surface area contributed by atoms with Crippen LogP contribution in [-0.2, 0) is 10.2 Å². The number of carbonyl (C=O) groups excluding carboxylic acids is 2. The molecule has 0 radical (unpaired) electrons. The molecule has 0 spiro atoms. The first-order chi connectivity index (χ1) is 12.2. The third-order valence-electron chi connectivity index (χ3n) is 4.02. The minimum absolute atomic E-state index is 0.0225. The van der Waals surface area contributed by atoms with Crippen molar-refractivity contribution in [3.8, 4) is 5.75 Å². The Labute approximate surface area is 154 Å². The largest absolute Gasteiger partial charge is 0.483 e. The molecular weight excluding hydrogens is 328 g/mol.